The minimum absolute atomic E-state index is 1.18. The number of hydrogen-bond acceptors (Lipinski definition) is 0. The fourth-order valence-electron chi connectivity index (χ4n) is 0.842. The van der Waals surface area contributed by atoms with Crippen LogP contribution in [0.2, 0.25) is 0 Å². The smallest absolute Gasteiger partial charge is 0.0122 e. The van der Waals surface area contributed by atoms with Crippen LogP contribution in [0.4, 0.5) is 0 Å². The van der Waals surface area contributed by atoms with Crippen LogP contribution in [0.15, 0.2) is 48.6 Å². The summed E-state index contributed by atoms with van der Waals surface area (Å²) < 4.78 is 0. The molecule has 0 radical (unpaired) electrons. The number of benzene rings is 1. The maximum Gasteiger partial charge on any atom is -0.0122 e. The van der Waals surface area contributed by atoms with E-state index in [1.54, 1.807) is 6.08 Å². The topological polar surface area (TPSA) is 0 Å². The Morgan fingerprint density at radius 2 is 1.83 bits per heavy atom. The highest BCUT2D eigenvalue weighted by Gasteiger charge is 1.78. The van der Waals surface area contributed by atoms with Crippen LogP contribution < -0.4 is 0 Å². The Balaban J connectivity index is 2.59. The van der Waals surface area contributed by atoms with Crippen LogP contribution in [-0.4, -0.2) is 0 Å². The molecule has 12 heavy (non-hydrogen) atoms. The zero-order valence-electron chi connectivity index (χ0n) is 6.77. The molecule has 0 N–H and O–H groups in total. The van der Waals surface area contributed by atoms with Crippen LogP contribution in [0.1, 0.15) is 5.56 Å². The SMILES string of the molecule is C#C/C=C\C=C\c1ccccc1. The molecular weight excluding hydrogens is 144 g/mol. The second-order valence-corrected chi connectivity index (χ2v) is 2.30. The molecule has 0 fully saturated rings. The van der Waals surface area contributed by atoms with E-state index in [1.807, 2.05) is 48.6 Å². The lowest BCUT2D eigenvalue weighted by atomic mass is 10.2. The molecule has 0 amide bonds. The van der Waals surface area contributed by atoms with Crippen molar-refractivity contribution in [2.24, 2.45) is 0 Å². The van der Waals surface area contributed by atoms with E-state index in [4.69, 9.17) is 6.42 Å². The highest BCUT2D eigenvalue weighted by atomic mass is 13.8. The first-order chi connectivity index (χ1) is 5.93. The third-order valence-electron chi connectivity index (χ3n) is 1.39. The summed E-state index contributed by atoms with van der Waals surface area (Å²) in [4.78, 5) is 0. The zero-order valence-corrected chi connectivity index (χ0v) is 6.77. The standard InChI is InChI=1S/C12H10/c1-2-3-4-6-9-12-10-7-5-8-11-12/h1,3-11H/b4-3-,9-6+. The van der Waals surface area contributed by atoms with Gasteiger partial charge in [-0.3, -0.25) is 0 Å². The van der Waals surface area contributed by atoms with Gasteiger partial charge in [-0.15, -0.1) is 6.42 Å². The highest BCUT2D eigenvalue weighted by molar-refractivity contribution is 5.50. The van der Waals surface area contributed by atoms with E-state index < -0.39 is 0 Å². The largest absolute Gasteiger partial charge is 0.115 e. The van der Waals surface area contributed by atoms with E-state index in [1.165, 1.54) is 5.56 Å². The molecule has 0 bridgehead atoms. The van der Waals surface area contributed by atoms with Crippen LogP contribution in [-0.2, 0) is 0 Å². The summed E-state index contributed by atoms with van der Waals surface area (Å²) in [5.74, 6) is 2.42. The van der Waals surface area contributed by atoms with Crippen molar-refractivity contribution in [3.8, 4) is 12.3 Å². The summed E-state index contributed by atoms with van der Waals surface area (Å²) >= 11 is 0. The molecule has 0 aliphatic rings. The van der Waals surface area contributed by atoms with Gasteiger partial charge in [0.05, 0.1) is 0 Å². The third-order valence-corrected chi connectivity index (χ3v) is 1.39. The van der Waals surface area contributed by atoms with Crippen LogP contribution in [0.3, 0.4) is 0 Å². The summed E-state index contributed by atoms with van der Waals surface area (Å²) in [6.07, 6.45) is 12.5. The van der Waals surface area contributed by atoms with Crippen molar-refractivity contribution in [3.05, 3.63) is 54.1 Å². The summed E-state index contributed by atoms with van der Waals surface area (Å²) in [5, 5.41) is 0. The molecule has 1 aromatic carbocycles. The molecule has 0 unspecified atom stereocenters. The quantitative estimate of drug-likeness (QED) is 0.454. The first-order valence-corrected chi connectivity index (χ1v) is 3.78. The molecule has 0 saturated carbocycles. The van der Waals surface area contributed by atoms with Gasteiger partial charge in [0, 0.05) is 0 Å². The molecule has 58 valence electrons. The van der Waals surface area contributed by atoms with Gasteiger partial charge < -0.3 is 0 Å². The van der Waals surface area contributed by atoms with Crippen LogP contribution in [0.25, 0.3) is 6.08 Å². The molecule has 0 spiro atoms. The second kappa shape index (κ2) is 4.98. The van der Waals surface area contributed by atoms with E-state index in [-0.39, 0.29) is 0 Å². The van der Waals surface area contributed by atoms with E-state index in [9.17, 15) is 0 Å². The van der Waals surface area contributed by atoms with Gasteiger partial charge in [0.2, 0.25) is 0 Å². The fraction of sp³-hybridized carbons (Fsp3) is 0. The van der Waals surface area contributed by atoms with E-state index in [0.717, 1.165) is 0 Å². The van der Waals surface area contributed by atoms with Crippen molar-refractivity contribution in [1.29, 1.82) is 0 Å². The lowest BCUT2D eigenvalue weighted by Crippen LogP contribution is -1.66. The van der Waals surface area contributed by atoms with Crippen molar-refractivity contribution in [2.75, 3.05) is 0 Å². The maximum atomic E-state index is 5.04. The number of rotatable bonds is 2. The van der Waals surface area contributed by atoms with Gasteiger partial charge in [-0.1, -0.05) is 54.5 Å². The molecule has 0 nitrogen and oxygen atoms in total. The molecule has 0 aromatic heterocycles. The van der Waals surface area contributed by atoms with Gasteiger partial charge in [0.15, 0.2) is 0 Å². The Bertz CT molecular complexity index is 310. The van der Waals surface area contributed by atoms with Crippen LogP contribution in [0.5, 0.6) is 0 Å². The van der Waals surface area contributed by atoms with E-state index in [0.29, 0.717) is 0 Å². The monoisotopic (exact) mass is 154 g/mol. The van der Waals surface area contributed by atoms with Gasteiger partial charge in [-0.25, -0.2) is 0 Å². The molecule has 0 heterocycles. The molecule has 1 rings (SSSR count). The van der Waals surface area contributed by atoms with Gasteiger partial charge in [-0.05, 0) is 11.6 Å². The lowest BCUT2D eigenvalue weighted by molar-refractivity contribution is 1.66. The Labute approximate surface area is 73.2 Å². The number of terminal acetylenes is 1. The summed E-state index contributed by atoms with van der Waals surface area (Å²) in [5.41, 5.74) is 1.18. The van der Waals surface area contributed by atoms with E-state index >= 15 is 0 Å². The van der Waals surface area contributed by atoms with Crippen molar-refractivity contribution in [2.45, 2.75) is 0 Å². The summed E-state index contributed by atoms with van der Waals surface area (Å²) in [6.45, 7) is 0. The maximum absolute atomic E-state index is 5.04. The zero-order chi connectivity index (χ0) is 8.65. The Hall–Kier alpha value is -1.74. The van der Waals surface area contributed by atoms with Gasteiger partial charge in [0.25, 0.3) is 0 Å². The average Bonchev–Trinajstić information content (AvgIpc) is 2.14. The lowest BCUT2D eigenvalue weighted by Gasteiger charge is -1.87. The average molecular weight is 154 g/mol. The molecular formula is C12H10. The van der Waals surface area contributed by atoms with Gasteiger partial charge >= 0.3 is 0 Å². The minimum Gasteiger partial charge on any atom is -0.115 e. The predicted molar refractivity (Wildman–Crippen MR) is 53.4 cm³/mol. The van der Waals surface area contributed by atoms with Gasteiger partial charge in [-0.2, -0.15) is 0 Å². The normalized spacial score (nSPS) is 10.6. The third kappa shape index (κ3) is 2.90. The molecule has 0 saturated heterocycles. The van der Waals surface area contributed by atoms with Crippen molar-refractivity contribution >= 4 is 6.08 Å². The summed E-state index contributed by atoms with van der Waals surface area (Å²) in [6, 6.07) is 10.1. The highest BCUT2D eigenvalue weighted by Crippen LogP contribution is 2.00. The number of hydrogen-bond donors (Lipinski definition) is 0. The van der Waals surface area contributed by atoms with Crippen molar-refractivity contribution in [1.82, 2.24) is 0 Å². The van der Waals surface area contributed by atoms with E-state index in [2.05, 4.69) is 5.92 Å². The van der Waals surface area contributed by atoms with Gasteiger partial charge in [0.1, 0.15) is 0 Å². The molecule has 0 atom stereocenters. The minimum atomic E-state index is 1.18. The van der Waals surface area contributed by atoms with Crippen LogP contribution in [0, 0.1) is 12.3 Å². The molecule has 0 heteroatoms. The molecule has 0 aliphatic carbocycles. The van der Waals surface area contributed by atoms with Crippen LogP contribution >= 0.6 is 0 Å². The molecule has 1 aromatic rings. The van der Waals surface area contributed by atoms with Crippen molar-refractivity contribution in [3.63, 3.8) is 0 Å². The Morgan fingerprint density at radius 3 is 2.50 bits per heavy atom. The van der Waals surface area contributed by atoms with Crippen molar-refractivity contribution < 1.29 is 0 Å². The fourth-order valence-corrected chi connectivity index (χ4v) is 0.842. The first-order valence-electron chi connectivity index (χ1n) is 3.78. The Kier molecular flexibility index (Phi) is 3.47. The summed E-state index contributed by atoms with van der Waals surface area (Å²) in [7, 11) is 0. The predicted octanol–water partition coefficient (Wildman–Crippen LogP) is 2.89. The first kappa shape index (κ1) is 8.36. The Morgan fingerprint density at radius 1 is 1.08 bits per heavy atom. The second-order valence-electron chi connectivity index (χ2n) is 2.30. The molecule has 0 aliphatic heterocycles. The number of allylic oxidation sites excluding steroid dienone is 3.